The van der Waals surface area contributed by atoms with Crippen LogP contribution in [0.15, 0.2) is 61.1 Å². The minimum absolute atomic E-state index is 0.317. The van der Waals surface area contributed by atoms with Gasteiger partial charge in [-0.05, 0) is 98.6 Å². The van der Waals surface area contributed by atoms with Crippen LogP contribution in [-0.2, 0) is 16.5 Å². The predicted octanol–water partition coefficient (Wildman–Crippen LogP) is 7.24. The van der Waals surface area contributed by atoms with Gasteiger partial charge in [0.25, 0.3) is 5.91 Å². The van der Waals surface area contributed by atoms with Crippen molar-refractivity contribution >= 4 is 41.0 Å². The van der Waals surface area contributed by atoms with E-state index in [0.717, 1.165) is 33.5 Å². The van der Waals surface area contributed by atoms with E-state index >= 15 is 0 Å². The fourth-order valence-corrected chi connectivity index (χ4v) is 5.11. The predicted molar refractivity (Wildman–Crippen MR) is 203 cm³/mol. The summed E-state index contributed by atoms with van der Waals surface area (Å²) in [7, 11) is 1.82. The number of nitrogens with two attached hydrogens (primary N) is 1. The third-order valence-corrected chi connectivity index (χ3v) is 7.58. The van der Waals surface area contributed by atoms with Gasteiger partial charge in [0, 0.05) is 30.6 Å². The molecule has 0 fully saturated rings. The summed E-state index contributed by atoms with van der Waals surface area (Å²) in [5.74, 6) is -0.347. The molecule has 0 spiro atoms. The normalized spacial score (nSPS) is 11.4. The van der Waals surface area contributed by atoms with E-state index in [1.54, 1.807) is 77.7 Å². The zero-order chi connectivity index (χ0) is 39.4. The highest BCUT2D eigenvalue weighted by Crippen LogP contribution is 2.30. The summed E-state index contributed by atoms with van der Waals surface area (Å²) in [5.41, 5.74) is 11.6. The molecule has 5 aromatic rings. The standard InChI is InChI=1S/C20H29NO5.C19H19N7O/c1-13-9-10-14(2)15(11-13)16(22)12-21(17(23)25-19(3,4)5)18(24)26-20(6,7)8;1-11-4-5-12(2)13(8-11)17-15(10-25(3)24-17)22-19(27)14-9-21-26-7-6-16(20)23-18(14)26/h9-11H,12H2,1-8H3;4-10H,1-3H3,(H2,20,23)(H,22,27). The SMILES string of the molecule is Cc1ccc(C)c(-c2nn(C)cc2NC(=O)c2cnn3ccc(N)nc23)c1.Cc1ccc(C)c(C(=O)CN(C(=O)OC(C)(C)C)C(=O)OC(C)(C)C)c1. The van der Waals surface area contributed by atoms with E-state index in [0.29, 0.717) is 33.2 Å². The number of Topliss-reactive ketones (excluding diaryl/α,β-unsaturated/α-hetero) is 1. The average Bonchev–Trinajstić information content (AvgIpc) is 3.62. The Morgan fingerprint density at radius 3 is 2.02 bits per heavy atom. The van der Waals surface area contributed by atoms with E-state index in [1.807, 2.05) is 46.0 Å². The van der Waals surface area contributed by atoms with E-state index in [1.165, 1.54) is 10.7 Å². The first-order chi connectivity index (χ1) is 24.6. The molecule has 0 atom stereocenters. The number of ether oxygens (including phenoxy) is 2. The van der Waals surface area contributed by atoms with Gasteiger partial charge in [-0.25, -0.2) is 24.0 Å². The van der Waals surface area contributed by atoms with Crippen molar-refractivity contribution in [3.8, 4) is 11.3 Å². The zero-order valence-electron chi connectivity index (χ0n) is 32.2. The molecule has 5 rings (SSSR count). The van der Waals surface area contributed by atoms with Gasteiger partial charge in [0.2, 0.25) is 0 Å². The maximum atomic E-state index is 12.9. The number of hydrogen-bond donors (Lipinski definition) is 2. The summed E-state index contributed by atoms with van der Waals surface area (Å²) in [4.78, 5) is 55.4. The number of amides is 3. The molecular weight excluding hydrogens is 676 g/mol. The number of carbonyl (C=O) groups excluding carboxylic acids is 4. The highest BCUT2D eigenvalue weighted by Gasteiger charge is 2.33. The molecule has 2 aromatic carbocycles. The molecule has 0 bridgehead atoms. The topological polar surface area (TPSA) is 176 Å². The maximum absolute atomic E-state index is 12.9. The number of benzene rings is 2. The number of aromatic nitrogens is 5. The lowest BCUT2D eigenvalue weighted by atomic mass is 10.0. The van der Waals surface area contributed by atoms with Crippen LogP contribution in [0, 0.1) is 27.7 Å². The molecule has 0 unspecified atom stereocenters. The van der Waals surface area contributed by atoms with Gasteiger partial charge in [0.1, 0.15) is 28.3 Å². The molecule has 0 saturated heterocycles. The Kier molecular flexibility index (Phi) is 11.8. The highest BCUT2D eigenvalue weighted by atomic mass is 16.6. The first-order valence-corrected chi connectivity index (χ1v) is 17.0. The summed E-state index contributed by atoms with van der Waals surface area (Å²) in [6, 6.07) is 13.2. The monoisotopic (exact) mass is 724 g/mol. The molecule has 53 heavy (non-hydrogen) atoms. The molecule has 3 aromatic heterocycles. The Morgan fingerprint density at radius 1 is 0.830 bits per heavy atom. The van der Waals surface area contributed by atoms with Crippen molar-refractivity contribution in [2.45, 2.75) is 80.4 Å². The molecule has 0 aliphatic carbocycles. The van der Waals surface area contributed by atoms with Crippen molar-refractivity contribution in [2.75, 3.05) is 17.6 Å². The van der Waals surface area contributed by atoms with Crippen molar-refractivity contribution in [1.82, 2.24) is 29.3 Å². The second-order valence-corrected chi connectivity index (χ2v) is 14.8. The quantitative estimate of drug-likeness (QED) is 0.170. The third-order valence-electron chi connectivity index (χ3n) is 7.58. The lowest BCUT2D eigenvalue weighted by molar-refractivity contribution is 0.00184. The number of anilines is 2. The first-order valence-electron chi connectivity index (χ1n) is 17.0. The van der Waals surface area contributed by atoms with Gasteiger partial charge in [-0.2, -0.15) is 10.2 Å². The van der Waals surface area contributed by atoms with Gasteiger partial charge >= 0.3 is 12.2 Å². The molecular formula is C39H48N8O6. The van der Waals surface area contributed by atoms with Crippen LogP contribution in [0.25, 0.3) is 16.9 Å². The lowest BCUT2D eigenvalue weighted by Crippen LogP contribution is -2.46. The van der Waals surface area contributed by atoms with Gasteiger partial charge in [0.15, 0.2) is 11.4 Å². The van der Waals surface area contributed by atoms with Crippen LogP contribution < -0.4 is 11.1 Å². The molecule has 280 valence electrons. The highest BCUT2D eigenvalue weighted by molar-refractivity contribution is 6.09. The molecule has 3 N–H and O–H groups in total. The van der Waals surface area contributed by atoms with Crippen molar-refractivity contribution in [3.05, 3.63) is 94.4 Å². The summed E-state index contributed by atoms with van der Waals surface area (Å²) in [5, 5.41) is 11.6. The van der Waals surface area contributed by atoms with Crippen LogP contribution in [0.4, 0.5) is 21.1 Å². The molecule has 14 heteroatoms. The van der Waals surface area contributed by atoms with Crippen molar-refractivity contribution in [1.29, 1.82) is 0 Å². The molecule has 3 heterocycles. The van der Waals surface area contributed by atoms with E-state index in [-0.39, 0.29) is 11.7 Å². The van der Waals surface area contributed by atoms with Crippen LogP contribution in [0.3, 0.4) is 0 Å². The fourth-order valence-electron chi connectivity index (χ4n) is 5.11. The minimum Gasteiger partial charge on any atom is -0.443 e. The van der Waals surface area contributed by atoms with Gasteiger partial charge in [-0.3, -0.25) is 14.3 Å². The largest absolute Gasteiger partial charge is 0.443 e. The maximum Gasteiger partial charge on any atom is 0.420 e. The Morgan fingerprint density at radius 2 is 1.42 bits per heavy atom. The second kappa shape index (κ2) is 15.7. The third kappa shape index (κ3) is 10.5. The van der Waals surface area contributed by atoms with Gasteiger partial charge in [0.05, 0.1) is 18.4 Å². The number of imide groups is 1. The second-order valence-electron chi connectivity index (χ2n) is 14.8. The molecule has 0 saturated carbocycles. The van der Waals surface area contributed by atoms with E-state index in [9.17, 15) is 19.2 Å². The number of nitrogen functional groups attached to an aromatic ring is 1. The Bertz CT molecular complexity index is 2140. The number of rotatable bonds is 6. The van der Waals surface area contributed by atoms with Crippen LogP contribution in [-0.4, -0.2) is 70.9 Å². The number of carbonyl (C=O) groups is 4. The lowest BCUT2D eigenvalue weighted by Gasteiger charge is -2.28. The van der Waals surface area contributed by atoms with Gasteiger partial charge in [-0.15, -0.1) is 0 Å². The number of fused-ring (bicyclic) bond motifs is 1. The molecule has 0 radical (unpaired) electrons. The Balaban J connectivity index is 0.000000237. The summed E-state index contributed by atoms with van der Waals surface area (Å²) in [6.07, 6.45) is 3.10. The Hall–Kier alpha value is -6.05. The van der Waals surface area contributed by atoms with Crippen molar-refractivity contribution in [2.24, 2.45) is 7.05 Å². The minimum atomic E-state index is -0.912. The molecule has 0 aliphatic heterocycles. The zero-order valence-corrected chi connectivity index (χ0v) is 32.2. The summed E-state index contributed by atoms with van der Waals surface area (Å²) < 4.78 is 13.7. The molecule has 3 amide bonds. The average molecular weight is 725 g/mol. The van der Waals surface area contributed by atoms with Crippen LogP contribution >= 0.6 is 0 Å². The van der Waals surface area contributed by atoms with Crippen LogP contribution in [0.2, 0.25) is 0 Å². The van der Waals surface area contributed by atoms with Gasteiger partial charge in [-0.1, -0.05) is 35.4 Å². The van der Waals surface area contributed by atoms with Crippen LogP contribution in [0.1, 0.15) is 84.5 Å². The summed E-state index contributed by atoms with van der Waals surface area (Å²) >= 11 is 0. The molecule has 14 nitrogen and oxygen atoms in total. The summed E-state index contributed by atoms with van der Waals surface area (Å²) in [6.45, 7) is 17.4. The Labute approximate surface area is 309 Å². The number of aryl methyl sites for hydroxylation is 5. The van der Waals surface area contributed by atoms with Gasteiger partial charge < -0.3 is 20.5 Å². The number of hydrogen-bond acceptors (Lipinski definition) is 10. The molecule has 0 aliphatic rings. The fraction of sp³-hybridized carbons (Fsp3) is 0.359. The van der Waals surface area contributed by atoms with E-state index < -0.39 is 29.9 Å². The number of nitrogens with zero attached hydrogens (tertiary/aromatic N) is 6. The van der Waals surface area contributed by atoms with Crippen molar-refractivity contribution < 1.29 is 28.7 Å². The van der Waals surface area contributed by atoms with Crippen molar-refractivity contribution in [3.63, 3.8) is 0 Å². The number of nitrogens with one attached hydrogen (secondary N) is 1. The van der Waals surface area contributed by atoms with E-state index in [2.05, 4.69) is 32.6 Å². The first kappa shape index (κ1) is 39.7. The van der Waals surface area contributed by atoms with Crippen LogP contribution in [0.5, 0.6) is 0 Å². The smallest absolute Gasteiger partial charge is 0.420 e. The number of ketones is 1. The van der Waals surface area contributed by atoms with E-state index in [4.69, 9.17) is 15.2 Å².